The quantitative estimate of drug-likeness (QED) is 0.336. The Hall–Kier alpha value is -1.88. The molecular weight excluding hydrogens is 412 g/mol. The van der Waals surface area contributed by atoms with Crippen molar-refractivity contribution in [2.75, 3.05) is 0 Å². The van der Waals surface area contributed by atoms with Crippen LogP contribution in [0.15, 0.2) is 11.6 Å². The third-order valence-electron chi connectivity index (χ3n) is 9.19. The monoisotopic (exact) mass is 446 g/mol. The molecule has 3 N–H and O–H groups in total. The van der Waals surface area contributed by atoms with Crippen LogP contribution in [0.3, 0.4) is 0 Å². The van der Waals surface area contributed by atoms with Crippen molar-refractivity contribution in [1.82, 2.24) is 0 Å². The molecule has 0 bridgehead atoms. The summed E-state index contributed by atoms with van der Waals surface area (Å²) in [5.41, 5.74) is -1.69. The second-order valence-electron chi connectivity index (χ2n) is 10.7. The van der Waals surface area contributed by atoms with Crippen molar-refractivity contribution in [2.45, 2.75) is 89.8 Å². The highest BCUT2D eigenvalue weighted by atomic mass is 16.6. The molecule has 4 rings (SSSR count). The molecule has 32 heavy (non-hydrogen) atoms. The number of terminal acetylenes is 1. The number of aliphatic hydroxyl groups excluding tert-OH is 2. The summed E-state index contributed by atoms with van der Waals surface area (Å²) >= 11 is 0. The maximum Gasteiger partial charge on any atom is 0.303 e. The summed E-state index contributed by atoms with van der Waals surface area (Å²) in [7, 11) is 0. The van der Waals surface area contributed by atoms with Crippen LogP contribution in [0.4, 0.5) is 0 Å². The summed E-state index contributed by atoms with van der Waals surface area (Å²) in [6.45, 7) is 6.74. The Labute approximate surface area is 189 Å². The van der Waals surface area contributed by atoms with E-state index in [-0.39, 0.29) is 23.2 Å². The topological polar surface area (TPSA) is 113 Å². The SMILES string of the molecule is C#CC1(O)C(O)C[C@H]2[C@@H]3C(O)C=C4CC(OC(C)=O)C(OC(C)=O)C[C@]4(C)[C@@H]3CC[C@@]21C. The van der Waals surface area contributed by atoms with Gasteiger partial charge in [-0.25, -0.2) is 0 Å². The Balaban J connectivity index is 1.72. The van der Waals surface area contributed by atoms with Crippen LogP contribution in [-0.4, -0.2) is 57.3 Å². The molecule has 3 fully saturated rings. The van der Waals surface area contributed by atoms with Crippen LogP contribution in [0.2, 0.25) is 0 Å². The Morgan fingerprint density at radius 2 is 1.75 bits per heavy atom. The summed E-state index contributed by atoms with van der Waals surface area (Å²) < 4.78 is 11.1. The largest absolute Gasteiger partial charge is 0.459 e. The highest BCUT2D eigenvalue weighted by molar-refractivity contribution is 5.67. The lowest BCUT2D eigenvalue weighted by atomic mass is 9.46. The van der Waals surface area contributed by atoms with Crippen LogP contribution >= 0.6 is 0 Å². The molecule has 0 spiro atoms. The Morgan fingerprint density at radius 3 is 2.34 bits per heavy atom. The lowest BCUT2D eigenvalue weighted by molar-refractivity contribution is -0.178. The second kappa shape index (κ2) is 7.58. The van der Waals surface area contributed by atoms with Gasteiger partial charge in [0.05, 0.1) is 12.2 Å². The molecule has 7 nitrogen and oxygen atoms in total. The molecule has 3 saturated carbocycles. The minimum atomic E-state index is -1.62. The third kappa shape index (κ3) is 3.14. The molecule has 0 radical (unpaired) electrons. The van der Waals surface area contributed by atoms with Gasteiger partial charge in [0, 0.05) is 25.7 Å². The van der Waals surface area contributed by atoms with Gasteiger partial charge >= 0.3 is 11.9 Å². The number of ether oxygens (including phenoxy) is 2. The van der Waals surface area contributed by atoms with Crippen LogP contribution < -0.4 is 0 Å². The molecule has 4 aliphatic carbocycles. The van der Waals surface area contributed by atoms with Crippen LogP contribution in [0.25, 0.3) is 0 Å². The molecule has 7 heteroatoms. The van der Waals surface area contributed by atoms with E-state index in [1.165, 1.54) is 13.8 Å². The average molecular weight is 447 g/mol. The molecule has 176 valence electrons. The summed E-state index contributed by atoms with van der Waals surface area (Å²) in [6.07, 6.45) is 7.12. The first kappa shape index (κ1) is 23.3. The van der Waals surface area contributed by atoms with Crippen LogP contribution in [0.5, 0.6) is 0 Å². The predicted octanol–water partition coefficient (Wildman–Crippen LogP) is 1.73. The molecule has 0 aromatic heterocycles. The standard InChI is InChI=1S/C25H34O7/c1-6-25(30)21(29)11-17-22-16(7-8-24(17,25)5)23(4)12-20(32-14(3)27)19(31-13(2)26)10-15(23)9-18(22)28/h1,9,16-22,28-30H,7-8,10-12H2,2-5H3/t16-,17+,18?,19?,20?,21?,22-,23+,24+,25?/m1/s1. The van der Waals surface area contributed by atoms with Crippen molar-refractivity contribution in [3.8, 4) is 12.3 Å². The minimum absolute atomic E-state index is 0.0548. The van der Waals surface area contributed by atoms with Gasteiger partial charge in [-0.05, 0) is 48.9 Å². The fourth-order valence-corrected chi connectivity index (χ4v) is 7.59. The lowest BCUT2D eigenvalue weighted by Crippen LogP contribution is -2.59. The molecule has 4 aliphatic rings. The van der Waals surface area contributed by atoms with Crippen molar-refractivity contribution in [1.29, 1.82) is 0 Å². The number of carbonyl (C=O) groups is 2. The zero-order valence-electron chi connectivity index (χ0n) is 19.2. The van der Waals surface area contributed by atoms with Gasteiger partial charge in [0.15, 0.2) is 5.60 Å². The predicted molar refractivity (Wildman–Crippen MR) is 115 cm³/mol. The van der Waals surface area contributed by atoms with Gasteiger partial charge in [0.25, 0.3) is 0 Å². The van der Waals surface area contributed by atoms with E-state index in [9.17, 15) is 24.9 Å². The molecule has 0 saturated heterocycles. The van der Waals surface area contributed by atoms with Crippen LogP contribution in [-0.2, 0) is 19.1 Å². The smallest absolute Gasteiger partial charge is 0.303 e. The van der Waals surface area contributed by atoms with Crippen molar-refractivity contribution in [3.05, 3.63) is 11.6 Å². The number of aliphatic hydroxyl groups is 3. The van der Waals surface area contributed by atoms with Gasteiger partial charge < -0.3 is 24.8 Å². The minimum Gasteiger partial charge on any atom is -0.459 e. The molecule has 0 aliphatic heterocycles. The average Bonchev–Trinajstić information content (AvgIpc) is 2.90. The van der Waals surface area contributed by atoms with Crippen molar-refractivity contribution >= 4 is 11.9 Å². The first-order valence-electron chi connectivity index (χ1n) is 11.5. The van der Waals surface area contributed by atoms with Gasteiger partial charge in [0.2, 0.25) is 0 Å². The maximum atomic E-state index is 11.8. The van der Waals surface area contributed by atoms with E-state index in [1.54, 1.807) is 0 Å². The lowest BCUT2D eigenvalue weighted by Gasteiger charge is -2.60. The molecule has 0 aromatic rings. The summed E-state index contributed by atoms with van der Waals surface area (Å²) in [5.74, 6) is 1.31. The van der Waals surface area contributed by atoms with Gasteiger partial charge in [-0.1, -0.05) is 31.4 Å². The van der Waals surface area contributed by atoms with Gasteiger partial charge in [-0.2, -0.15) is 0 Å². The van der Waals surface area contributed by atoms with E-state index in [0.29, 0.717) is 32.1 Å². The highest BCUT2D eigenvalue weighted by Gasteiger charge is 2.68. The van der Waals surface area contributed by atoms with E-state index in [1.807, 2.05) is 13.0 Å². The Morgan fingerprint density at radius 1 is 1.12 bits per heavy atom. The molecule has 0 aromatic carbocycles. The van der Waals surface area contributed by atoms with Crippen molar-refractivity contribution < 1.29 is 34.4 Å². The van der Waals surface area contributed by atoms with Gasteiger partial charge in [0.1, 0.15) is 12.2 Å². The molecule has 10 atom stereocenters. The fourth-order valence-electron chi connectivity index (χ4n) is 7.59. The number of carbonyl (C=O) groups excluding carboxylic acids is 2. The van der Waals surface area contributed by atoms with Crippen molar-refractivity contribution in [2.24, 2.45) is 28.6 Å². The van der Waals surface area contributed by atoms with Gasteiger partial charge in [-0.3, -0.25) is 9.59 Å². The summed E-state index contributed by atoms with van der Waals surface area (Å²) in [5, 5.41) is 33.1. The zero-order chi connectivity index (χ0) is 23.6. The highest BCUT2D eigenvalue weighted by Crippen LogP contribution is 2.67. The van der Waals surface area contributed by atoms with E-state index >= 15 is 0 Å². The summed E-state index contributed by atoms with van der Waals surface area (Å²) in [6, 6.07) is 0. The van der Waals surface area contributed by atoms with Gasteiger partial charge in [-0.15, -0.1) is 6.42 Å². The van der Waals surface area contributed by atoms with E-state index in [2.05, 4.69) is 12.8 Å². The van der Waals surface area contributed by atoms with E-state index < -0.39 is 47.4 Å². The number of hydrogen-bond donors (Lipinski definition) is 3. The number of rotatable bonds is 2. The third-order valence-corrected chi connectivity index (χ3v) is 9.19. The van der Waals surface area contributed by atoms with Crippen molar-refractivity contribution in [3.63, 3.8) is 0 Å². The Kier molecular flexibility index (Phi) is 5.51. The number of fused-ring (bicyclic) bond motifs is 5. The summed E-state index contributed by atoms with van der Waals surface area (Å²) in [4.78, 5) is 23.4. The fraction of sp³-hybridized carbons (Fsp3) is 0.760. The first-order valence-corrected chi connectivity index (χ1v) is 11.5. The molecule has 0 heterocycles. The normalized spacial score (nSPS) is 49.6. The number of esters is 2. The van der Waals surface area contributed by atoms with E-state index in [0.717, 1.165) is 5.57 Å². The van der Waals surface area contributed by atoms with Crippen LogP contribution in [0.1, 0.15) is 59.8 Å². The molecule has 0 amide bonds. The van der Waals surface area contributed by atoms with E-state index in [4.69, 9.17) is 15.9 Å². The molecular formula is C25H34O7. The number of hydrogen-bond acceptors (Lipinski definition) is 7. The first-order chi connectivity index (χ1) is 14.9. The zero-order valence-corrected chi connectivity index (χ0v) is 19.2. The maximum absolute atomic E-state index is 11.8. The second-order valence-corrected chi connectivity index (χ2v) is 10.7. The molecule has 5 unspecified atom stereocenters. The van der Waals surface area contributed by atoms with Crippen LogP contribution in [0, 0.1) is 40.9 Å². The Bertz CT molecular complexity index is 889.